The van der Waals surface area contributed by atoms with Crippen molar-refractivity contribution in [3.05, 3.63) is 34.2 Å². The number of alkyl halides is 3. The minimum absolute atomic E-state index is 0.557. The monoisotopic (exact) mass is 272 g/mol. The molecule has 0 aliphatic heterocycles. The van der Waals surface area contributed by atoms with E-state index in [2.05, 4.69) is 6.92 Å². The van der Waals surface area contributed by atoms with Gasteiger partial charge in [-0.3, -0.25) is 0 Å². The third kappa shape index (κ3) is 2.53. The molecule has 0 atom stereocenters. The van der Waals surface area contributed by atoms with Crippen LogP contribution in [0.15, 0.2) is 18.2 Å². The number of benzene rings is 1. The van der Waals surface area contributed by atoms with Gasteiger partial charge in [0.2, 0.25) is 0 Å². The second-order valence-corrected chi connectivity index (χ2v) is 5.71. The standard InChI is InChI=1S/C14H15F3S/c1-3-4-5-11-9(2)18-13-8-10(14(15,16)17)6-7-12(11)13/h6-8H,3-5H2,1-2H3. The van der Waals surface area contributed by atoms with E-state index in [0.29, 0.717) is 0 Å². The Bertz CT molecular complexity index is 552. The molecule has 1 aromatic carbocycles. The quantitative estimate of drug-likeness (QED) is 0.685. The van der Waals surface area contributed by atoms with Crippen LogP contribution >= 0.6 is 11.3 Å². The van der Waals surface area contributed by atoms with Crippen LogP contribution in [0.5, 0.6) is 0 Å². The van der Waals surface area contributed by atoms with E-state index in [9.17, 15) is 13.2 Å². The molecule has 1 heterocycles. The summed E-state index contributed by atoms with van der Waals surface area (Å²) in [6.07, 6.45) is -1.13. The van der Waals surface area contributed by atoms with E-state index in [1.807, 2.05) is 6.92 Å². The average molecular weight is 272 g/mol. The van der Waals surface area contributed by atoms with E-state index in [-0.39, 0.29) is 0 Å². The lowest BCUT2D eigenvalue weighted by Crippen LogP contribution is -2.03. The molecule has 0 aliphatic rings. The number of halogens is 3. The molecule has 0 N–H and O–H groups in total. The van der Waals surface area contributed by atoms with Gasteiger partial charge in [0.15, 0.2) is 0 Å². The Morgan fingerprint density at radius 2 is 1.94 bits per heavy atom. The molecule has 0 nitrogen and oxygen atoms in total. The van der Waals surface area contributed by atoms with Gasteiger partial charge in [-0.05, 0) is 42.8 Å². The average Bonchev–Trinajstić information content (AvgIpc) is 2.60. The number of fused-ring (bicyclic) bond motifs is 1. The van der Waals surface area contributed by atoms with E-state index in [1.54, 1.807) is 6.07 Å². The Hall–Kier alpha value is -1.03. The molecule has 2 aromatic rings. The highest BCUT2D eigenvalue weighted by Gasteiger charge is 2.30. The number of hydrogen-bond acceptors (Lipinski definition) is 1. The first-order valence-corrected chi connectivity index (χ1v) is 6.84. The lowest BCUT2D eigenvalue weighted by atomic mass is 10.0. The maximum absolute atomic E-state index is 12.6. The van der Waals surface area contributed by atoms with Crippen molar-refractivity contribution in [2.24, 2.45) is 0 Å². The van der Waals surface area contributed by atoms with Gasteiger partial charge in [-0.1, -0.05) is 19.4 Å². The fourth-order valence-corrected chi connectivity index (χ4v) is 3.27. The summed E-state index contributed by atoms with van der Waals surface area (Å²) >= 11 is 1.46. The summed E-state index contributed by atoms with van der Waals surface area (Å²) in [7, 11) is 0. The molecule has 0 unspecified atom stereocenters. The van der Waals surface area contributed by atoms with Gasteiger partial charge in [0.1, 0.15) is 0 Å². The van der Waals surface area contributed by atoms with Crippen LogP contribution in [0.1, 0.15) is 35.8 Å². The van der Waals surface area contributed by atoms with Crippen LogP contribution in [0.2, 0.25) is 0 Å². The van der Waals surface area contributed by atoms with Gasteiger partial charge in [0.05, 0.1) is 5.56 Å². The number of unbranched alkanes of at least 4 members (excludes halogenated alkanes) is 1. The van der Waals surface area contributed by atoms with E-state index in [0.717, 1.165) is 34.2 Å². The predicted octanol–water partition coefficient (Wildman–Crippen LogP) is 5.57. The van der Waals surface area contributed by atoms with Crippen molar-refractivity contribution >= 4 is 21.4 Å². The van der Waals surface area contributed by atoms with Crippen LogP contribution in [-0.2, 0) is 12.6 Å². The molecule has 98 valence electrons. The smallest absolute Gasteiger partial charge is 0.166 e. The van der Waals surface area contributed by atoms with E-state index < -0.39 is 11.7 Å². The van der Waals surface area contributed by atoms with Crippen molar-refractivity contribution in [3.8, 4) is 0 Å². The summed E-state index contributed by atoms with van der Waals surface area (Å²) in [5.74, 6) is 0. The summed E-state index contributed by atoms with van der Waals surface area (Å²) < 4.78 is 38.6. The lowest BCUT2D eigenvalue weighted by molar-refractivity contribution is -0.137. The molecule has 0 saturated carbocycles. The zero-order valence-electron chi connectivity index (χ0n) is 10.4. The summed E-state index contributed by atoms with van der Waals surface area (Å²) in [5, 5.41) is 0.985. The minimum atomic E-state index is -4.25. The fourth-order valence-electron chi connectivity index (χ4n) is 2.11. The van der Waals surface area contributed by atoms with Crippen LogP contribution in [0.4, 0.5) is 13.2 Å². The number of hydrogen-bond donors (Lipinski definition) is 0. The van der Waals surface area contributed by atoms with Crippen LogP contribution in [0.25, 0.3) is 10.1 Å². The molecular weight excluding hydrogens is 257 g/mol. The Morgan fingerprint density at radius 3 is 2.56 bits per heavy atom. The molecule has 0 aliphatic carbocycles. The Kier molecular flexibility index (Phi) is 3.66. The second kappa shape index (κ2) is 4.92. The van der Waals surface area contributed by atoms with E-state index in [4.69, 9.17) is 0 Å². The van der Waals surface area contributed by atoms with Crippen molar-refractivity contribution in [3.63, 3.8) is 0 Å². The van der Waals surface area contributed by atoms with Crippen LogP contribution < -0.4 is 0 Å². The SMILES string of the molecule is CCCCc1c(C)sc2cc(C(F)(F)F)ccc12. The van der Waals surface area contributed by atoms with Gasteiger partial charge in [-0.15, -0.1) is 11.3 Å². The van der Waals surface area contributed by atoms with Crippen molar-refractivity contribution in [2.75, 3.05) is 0 Å². The molecule has 0 amide bonds. The summed E-state index contributed by atoms with van der Waals surface area (Å²) in [5.41, 5.74) is 0.656. The molecule has 1 aromatic heterocycles. The Morgan fingerprint density at radius 1 is 1.22 bits per heavy atom. The first kappa shape index (κ1) is 13.4. The zero-order chi connectivity index (χ0) is 13.3. The predicted molar refractivity (Wildman–Crippen MR) is 70.2 cm³/mol. The van der Waals surface area contributed by atoms with Crippen molar-refractivity contribution in [1.29, 1.82) is 0 Å². The first-order valence-electron chi connectivity index (χ1n) is 6.02. The summed E-state index contributed by atoms with van der Waals surface area (Å²) in [6, 6.07) is 4.07. The van der Waals surface area contributed by atoms with Crippen LogP contribution in [0, 0.1) is 6.92 Å². The molecular formula is C14H15F3S. The largest absolute Gasteiger partial charge is 0.416 e. The highest BCUT2D eigenvalue weighted by atomic mass is 32.1. The number of rotatable bonds is 3. The molecule has 0 bridgehead atoms. The maximum atomic E-state index is 12.6. The van der Waals surface area contributed by atoms with Gasteiger partial charge in [-0.2, -0.15) is 13.2 Å². The molecule has 4 heteroatoms. The Balaban J connectivity index is 2.48. The lowest BCUT2D eigenvalue weighted by Gasteiger charge is -2.06. The topological polar surface area (TPSA) is 0 Å². The van der Waals surface area contributed by atoms with Crippen LogP contribution in [0.3, 0.4) is 0 Å². The third-order valence-corrected chi connectivity index (χ3v) is 4.21. The van der Waals surface area contributed by atoms with Gasteiger partial charge < -0.3 is 0 Å². The van der Waals surface area contributed by atoms with Gasteiger partial charge >= 0.3 is 6.18 Å². The van der Waals surface area contributed by atoms with Gasteiger partial charge in [0.25, 0.3) is 0 Å². The van der Waals surface area contributed by atoms with E-state index >= 15 is 0 Å². The molecule has 0 fully saturated rings. The molecule has 0 saturated heterocycles. The second-order valence-electron chi connectivity index (χ2n) is 4.45. The van der Waals surface area contributed by atoms with Crippen molar-refractivity contribution < 1.29 is 13.2 Å². The molecule has 0 radical (unpaired) electrons. The van der Waals surface area contributed by atoms with Crippen molar-refractivity contribution in [2.45, 2.75) is 39.3 Å². The highest BCUT2D eigenvalue weighted by Crippen LogP contribution is 2.37. The summed E-state index contributed by atoms with van der Waals surface area (Å²) in [6.45, 7) is 4.11. The van der Waals surface area contributed by atoms with Crippen LogP contribution in [-0.4, -0.2) is 0 Å². The Labute approximate surface area is 108 Å². The summed E-state index contributed by atoms with van der Waals surface area (Å²) in [4.78, 5) is 1.14. The third-order valence-electron chi connectivity index (χ3n) is 3.10. The van der Waals surface area contributed by atoms with Gasteiger partial charge in [-0.25, -0.2) is 0 Å². The normalized spacial score (nSPS) is 12.3. The van der Waals surface area contributed by atoms with Crippen molar-refractivity contribution in [1.82, 2.24) is 0 Å². The number of aryl methyl sites for hydroxylation is 2. The minimum Gasteiger partial charge on any atom is -0.166 e. The molecule has 2 rings (SSSR count). The van der Waals surface area contributed by atoms with E-state index in [1.165, 1.54) is 29.0 Å². The highest BCUT2D eigenvalue weighted by molar-refractivity contribution is 7.19. The van der Waals surface area contributed by atoms with Gasteiger partial charge in [0, 0.05) is 9.58 Å². The molecule has 18 heavy (non-hydrogen) atoms. The molecule has 0 spiro atoms. The number of thiophene rings is 1. The fraction of sp³-hybridized carbons (Fsp3) is 0.429. The zero-order valence-corrected chi connectivity index (χ0v) is 11.2. The first-order chi connectivity index (χ1) is 8.43. The maximum Gasteiger partial charge on any atom is 0.416 e.